The molecule has 0 aliphatic rings. The highest BCUT2D eigenvalue weighted by molar-refractivity contribution is 6.42. The van der Waals surface area contributed by atoms with Crippen molar-refractivity contribution in [2.24, 2.45) is 0 Å². The van der Waals surface area contributed by atoms with Crippen molar-refractivity contribution in [3.63, 3.8) is 0 Å². The van der Waals surface area contributed by atoms with E-state index in [1.807, 2.05) is 13.0 Å². The minimum atomic E-state index is -0.0562. The lowest BCUT2D eigenvalue weighted by atomic mass is 10.1. The first-order valence-corrected chi connectivity index (χ1v) is 7.35. The van der Waals surface area contributed by atoms with Gasteiger partial charge in [0.1, 0.15) is 0 Å². The Morgan fingerprint density at radius 3 is 2.25 bits per heavy atom. The summed E-state index contributed by atoms with van der Waals surface area (Å²) >= 11 is 24.0. The minimum Gasteiger partial charge on any atom is -0.397 e. The topological polar surface area (TPSA) is 38.0 Å². The molecular weight excluding hydrogens is 338 g/mol. The van der Waals surface area contributed by atoms with E-state index in [1.165, 1.54) is 0 Å². The molecule has 0 amide bonds. The molecule has 0 aliphatic heterocycles. The maximum absolute atomic E-state index is 6.18. The van der Waals surface area contributed by atoms with Crippen LogP contribution < -0.4 is 11.1 Å². The molecule has 1 unspecified atom stereocenters. The van der Waals surface area contributed by atoms with Gasteiger partial charge < -0.3 is 11.1 Å². The quantitative estimate of drug-likeness (QED) is 0.661. The van der Waals surface area contributed by atoms with Gasteiger partial charge >= 0.3 is 0 Å². The van der Waals surface area contributed by atoms with Gasteiger partial charge in [0.25, 0.3) is 0 Å². The average Bonchev–Trinajstić information content (AvgIpc) is 2.35. The van der Waals surface area contributed by atoms with Gasteiger partial charge in [-0.15, -0.1) is 0 Å². The molecule has 2 nitrogen and oxygen atoms in total. The molecule has 20 heavy (non-hydrogen) atoms. The number of hydrogen-bond acceptors (Lipinski definition) is 2. The highest BCUT2D eigenvalue weighted by Crippen LogP contribution is 2.34. The lowest BCUT2D eigenvalue weighted by molar-refractivity contribution is 0.886. The van der Waals surface area contributed by atoms with E-state index in [0.29, 0.717) is 31.5 Å². The molecule has 0 heterocycles. The van der Waals surface area contributed by atoms with E-state index in [0.717, 1.165) is 5.56 Å². The molecule has 0 radical (unpaired) electrons. The van der Waals surface area contributed by atoms with Crippen LogP contribution in [0.1, 0.15) is 18.5 Å². The maximum atomic E-state index is 6.18. The summed E-state index contributed by atoms with van der Waals surface area (Å²) in [5.74, 6) is 0. The number of halogens is 4. The van der Waals surface area contributed by atoms with Crippen LogP contribution in [0.3, 0.4) is 0 Å². The zero-order valence-electron chi connectivity index (χ0n) is 10.6. The minimum absolute atomic E-state index is 0.0562. The van der Waals surface area contributed by atoms with Gasteiger partial charge in [-0.25, -0.2) is 0 Å². The number of rotatable bonds is 3. The number of benzene rings is 2. The number of nitrogens with two attached hydrogens (primary N) is 1. The Labute approximate surface area is 137 Å². The molecule has 0 saturated heterocycles. The Hall–Kier alpha value is -0.800. The molecule has 0 aromatic heterocycles. The highest BCUT2D eigenvalue weighted by atomic mass is 35.5. The van der Waals surface area contributed by atoms with Crippen LogP contribution in [0, 0.1) is 0 Å². The van der Waals surface area contributed by atoms with Crippen molar-refractivity contribution in [2.45, 2.75) is 13.0 Å². The molecule has 2 aromatic rings. The standard InChI is InChI=1S/C14H12Cl4N2/c1-7(9-3-2-8(15)4-10(9)16)20-14-6-12(18)11(17)5-13(14)19/h2-7,20H,19H2,1H3. The zero-order valence-corrected chi connectivity index (χ0v) is 13.6. The second kappa shape index (κ2) is 6.31. The second-order valence-electron chi connectivity index (χ2n) is 4.39. The van der Waals surface area contributed by atoms with Gasteiger partial charge in [-0.3, -0.25) is 0 Å². The van der Waals surface area contributed by atoms with Gasteiger partial charge in [0, 0.05) is 10.0 Å². The lowest BCUT2D eigenvalue weighted by Gasteiger charge is -2.19. The van der Waals surface area contributed by atoms with E-state index in [4.69, 9.17) is 52.1 Å². The predicted molar refractivity (Wildman–Crippen MR) is 89.4 cm³/mol. The van der Waals surface area contributed by atoms with E-state index in [9.17, 15) is 0 Å². The molecule has 106 valence electrons. The number of anilines is 2. The van der Waals surface area contributed by atoms with Gasteiger partial charge in [0.15, 0.2) is 0 Å². The first-order valence-electron chi connectivity index (χ1n) is 5.84. The first-order chi connectivity index (χ1) is 9.38. The molecule has 3 N–H and O–H groups in total. The Morgan fingerprint density at radius 1 is 0.950 bits per heavy atom. The molecule has 6 heteroatoms. The third-order valence-electron chi connectivity index (χ3n) is 2.89. The smallest absolute Gasteiger partial charge is 0.0614 e. The maximum Gasteiger partial charge on any atom is 0.0614 e. The first kappa shape index (κ1) is 15.6. The summed E-state index contributed by atoms with van der Waals surface area (Å²) in [7, 11) is 0. The van der Waals surface area contributed by atoms with E-state index < -0.39 is 0 Å². The van der Waals surface area contributed by atoms with Crippen molar-refractivity contribution in [3.8, 4) is 0 Å². The van der Waals surface area contributed by atoms with Crippen molar-refractivity contribution in [2.75, 3.05) is 11.1 Å². The predicted octanol–water partition coefficient (Wildman–Crippen LogP) is 6.06. The van der Waals surface area contributed by atoms with Crippen LogP contribution in [-0.4, -0.2) is 0 Å². The Morgan fingerprint density at radius 2 is 1.60 bits per heavy atom. The van der Waals surface area contributed by atoms with Gasteiger partial charge in [-0.1, -0.05) is 52.5 Å². The van der Waals surface area contributed by atoms with Crippen LogP contribution in [0.2, 0.25) is 20.1 Å². The van der Waals surface area contributed by atoms with Crippen LogP contribution in [0.5, 0.6) is 0 Å². The highest BCUT2D eigenvalue weighted by Gasteiger charge is 2.12. The molecule has 0 bridgehead atoms. The number of nitrogen functional groups attached to an aromatic ring is 1. The van der Waals surface area contributed by atoms with E-state index in [1.54, 1.807) is 24.3 Å². The van der Waals surface area contributed by atoms with E-state index in [-0.39, 0.29) is 6.04 Å². The van der Waals surface area contributed by atoms with Gasteiger partial charge in [-0.05, 0) is 36.8 Å². The fourth-order valence-electron chi connectivity index (χ4n) is 1.85. The summed E-state index contributed by atoms with van der Waals surface area (Å²) in [6.07, 6.45) is 0. The molecule has 2 aromatic carbocycles. The van der Waals surface area contributed by atoms with E-state index >= 15 is 0 Å². The molecule has 0 aliphatic carbocycles. The fourth-order valence-corrected chi connectivity index (χ4v) is 2.76. The zero-order chi connectivity index (χ0) is 14.9. The summed E-state index contributed by atoms with van der Waals surface area (Å²) in [6.45, 7) is 1.97. The normalized spacial score (nSPS) is 12.2. The monoisotopic (exact) mass is 348 g/mol. The average molecular weight is 350 g/mol. The second-order valence-corrected chi connectivity index (χ2v) is 6.04. The summed E-state index contributed by atoms with van der Waals surface area (Å²) in [4.78, 5) is 0. The van der Waals surface area contributed by atoms with Crippen molar-refractivity contribution in [1.82, 2.24) is 0 Å². The molecule has 0 saturated carbocycles. The lowest BCUT2D eigenvalue weighted by Crippen LogP contribution is -2.09. The van der Waals surface area contributed by atoms with E-state index in [2.05, 4.69) is 5.32 Å². The molecule has 2 rings (SSSR count). The summed E-state index contributed by atoms with van der Waals surface area (Å²) in [5.41, 5.74) is 8.07. The Balaban J connectivity index is 2.27. The third kappa shape index (κ3) is 3.44. The van der Waals surface area contributed by atoms with Crippen molar-refractivity contribution >= 4 is 57.8 Å². The van der Waals surface area contributed by atoms with Gasteiger partial charge in [-0.2, -0.15) is 0 Å². The Bertz CT molecular complexity index is 643. The number of hydrogen-bond donors (Lipinski definition) is 2. The summed E-state index contributed by atoms with van der Waals surface area (Å²) in [6, 6.07) is 8.62. The largest absolute Gasteiger partial charge is 0.397 e. The van der Waals surface area contributed by atoms with Gasteiger partial charge in [0.2, 0.25) is 0 Å². The molecular formula is C14H12Cl4N2. The van der Waals surface area contributed by atoms with Crippen LogP contribution in [0.15, 0.2) is 30.3 Å². The summed E-state index contributed by atoms with van der Waals surface area (Å²) < 4.78 is 0. The summed E-state index contributed by atoms with van der Waals surface area (Å²) in [5, 5.41) is 5.32. The third-order valence-corrected chi connectivity index (χ3v) is 4.18. The molecule has 0 spiro atoms. The van der Waals surface area contributed by atoms with Crippen molar-refractivity contribution in [3.05, 3.63) is 56.0 Å². The van der Waals surface area contributed by atoms with Crippen LogP contribution in [0.4, 0.5) is 11.4 Å². The van der Waals surface area contributed by atoms with Crippen LogP contribution >= 0.6 is 46.4 Å². The van der Waals surface area contributed by atoms with Crippen LogP contribution in [-0.2, 0) is 0 Å². The SMILES string of the molecule is CC(Nc1cc(Cl)c(Cl)cc1N)c1ccc(Cl)cc1Cl. The molecule has 0 fully saturated rings. The molecule has 1 atom stereocenters. The van der Waals surface area contributed by atoms with Gasteiger partial charge in [0.05, 0.1) is 27.5 Å². The van der Waals surface area contributed by atoms with Crippen LogP contribution in [0.25, 0.3) is 0 Å². The number of nitrogens with one attached hydrogen (secondary N) is 1. The fraction of sp³-hybridized carbons (Fsp3) is 0.143. The van der Waals surface area contributed by atoms with Crippen molar-refractivity contribution < 1.29 is 0 Å². The van der Waals surface area contributed by atoms with Crippen molar-refractivity contribution in [1.29, 1.82) is 0 Å². The Kier molecular flexibility index (Phi) is 4.92.